The number of nitrogens with zero attached hydrogens (tertiary/aromatic N) is 3. The molecule has 1 saturated carbocycles. The van der Waals surface area contributed by atoms with Gasteiger partial charge < -0.3 is 24.8 Å². The summed E-state index contributed by atoms with van der Waals surface area (Å²) in [5.41, 5.74) is 1.68. The molecule has 0 aromatic heterocycles. The lowest BCUT2D eigenvalue weighted by Gasteiger charge is -2.34. The Morgan fingerprint density at radius 3 is 2.32 bits per heavy atom. The van der Waals surface area contributed by atoms with Gasteiger partial charge in [0, 0.05) is 49.9 Å². The quantitative estimate of drug-likeness (QED) is 0.634. The number of carbonyl (C=O) groups is 3. The molecule has 5 rings (SSSR count). The highest BCUT2D eigenvalue weighted by atomic mass is 16.5. The molecular formula is C29H42N4O4. The predicted octanol–water partition coefficient (Wildman–Crippen LogP) is 2.57. The van der Waals surface area contributed by atoms with Crippen molar-refractivity contribution in [3.8, 4) is 0 Å². The van der Waals surface area contributed by atoms with Crippen molar-refractivity contribution in [2.45, 2.75) is 64.1 Å². The van der Waals surface area contributed by atoms with E-state index in [1.54, 1.807) is 4.90 Å². The molecule has 0 bridgehead atoms. The number of nitrogens with one attached hydrogen (secondary N) is 1. The number of amides is 2. The Balaban J connectivity index is 1.32. The maximum Gasteiger partial charge on any atom is 0.251 e. The average Bonchev–Trinajstić information content (AvgIpc) is 3.48. The molecule has 4 aliphatic rings. The number of benzene rings is 1. The number of ether oxygens (including phenoxy) is 1. The van der Waals surface area contributed by atoms with Crippen molar-refractivity contribution in [2.24, 2.45) is 17.8 Å². The van der Waals surface area contributed by atoms with Gasteiger partial charge in [0.2, 0.25) is 5.91 Å². The fourth-order valence-electron chi connectivity index (χ4n) is 6.65. The lowest BCUT2D eigenvalue weighted by molar-refractivity contribution is -0.139. The summed E-state index contributed by atoms with van der Waals surface area (Å²) >= 11 is 0. The molecule has 8 nitrogen and oxygen atoms in total. The van der Waals surface area contributed by atoms with Crippen LogP contribution in [0.25, 0.3) is 0 Å². The van der Waals surface area contributed by atoms with E-state index in [1.165, 1.54) is 0 Å². The number of hydrogen-bond acceptors (Lipinski definition) is 6. The Hall–Kier alpha value is -2.45. The van der Waals surface area contributed by atoms with Crippen molar-refractivity contribution in [2.75, 3.05) is 51.3 Å². The van der Waals surface area contributed by atoms with Crippen molar-refractivity contribution >= 4 is 23.3 Å². The second-order valence-electron chi connectivity index (χ2n) is 11.8. The Morgan fingerprint density at radius 2 is 1.68 bits per heavy atom. The summed E-state index contributed by atoms with van der Waals surface area (Å²) in [6.07, 6.45) is 4.88. The van der Waals surface area contributed by atoms with Gasteiger partial charge in [-0.1, -0.05) is 33.1 Å². The van der Waals surface area contributed by atoms with Crippen molar-refractivity contribution in [3.05, 3.63) is 29.8 Å². The van der Waals surface area contributed by atoms with Gasteiger partial charge in [0.15, 0.2) is 5.78 Å². The Labute approximate surface area is 220 Å². The summed E-state index contributed by atoms with van der Waals surface area (Å²) in [6.45, 7) is 8.81. The predicted molar refractivity (Wildman–Crippen MR) is 143 cm³/mol. The minimum absolute atomic E-state index is 0.0188. The van der Waals surface area contributed by atoms with Crippen LogP contribution >= 0.6 is 0 Å². The van der Waals surface area contributed by atoms with Crippen LogP contribution < -0.4 is 10.2 Å². The first-order chi connectivity index (χ1) is 17.8. The SMILES string of the molecule is CC(C)[C@H]1CN(C(=O)[C@@H](NC(=O)c2ccc(N3CCN(C)CC3)cc2)C2CCCCC2)[C@@H]2C(=O)CO[C@H]12. The second kappa shape index (κ2) is 11.1. The van der Waals surface area contributed by atoms with Crippen LogP contribution in [0, 0.1) is 17.8 Å². The third kappa shape index (κ3) is 5.41. The van der Waals surface area contributed by atoms with Crippen LogP contribution in [-0.4, -0.2) is 92.0 Å². The van der Waals surface area contributed by atoms with Crippen LogP contribution in [0.4, 0.5) is 5.69 Å². The lowest BCUT2D eigenvalue weighted by Crippen LogP contribution is -2.55. The molecule has 202 valence electrons. The number of likely N-dealkylation sites (tertiary alicyclic amines) is 1. The van der Waals surface area contributed by atoms with Gasteiger partial charge in [0.05, 0.1) is 6.10 Å². The maximum absolute atomic E-state index is 14.0. The number of likely N-dealkylation sites (N-methyl/N-ethyl adjacent to an activating group) is 1. The van der Waals surface area contributed by atoms with Gasteiger partial charge in [-0.3, -0.25) is 14.4 Å². The number of anilines is 1. The first-order valence-electron chi connectivity index (χ1n) is 14.1. The maximum atomic E-state index is 14.0. The summed E-state index contributed by atoms with van der Waals surface area (Å²) in [5, 5.41) is 3.12. The number of Topliss-reactive ketones (excluding diaryl/α,β-unsaturated/α-hetero) is 1. The molecule has 1 N–H and O–H groups in total. The van der Waals surface area contributed by atoms with E-state index in [9.17, 15) is 14.4 Å². The highest BCUT2D eigenvalue weighted by molar-refractivity contribution is 5.99. The Bertz CT molecular complexity index is 982. The van der Waals surface area contributed by atoms with Gasteiger partial charge in [-0.25, -0.2) is 0 Å². The van der Waals surface area contributed by atoms with Crippen LogP contribution in [0.2, 0.25) is 0 Å². The molecule has 3 aliphatic heterocycles. The molecule has 3 saturated heterocycles. The highest BCUT2D eigenvalue weighted by Gasteiger charge is 2.54. The van der Waals surface area contributed by atoms with Crippen molar-refractivity contribution in [1.29, 1.82) is 0 Å². The number of rotatable bonds is 6. The molecule has 4 fully saturated rings. The van der Waals surface area contributed by atoms with Gasteiger partial charge in [0.1, 0.15) is 18.7 Å². The fourth-order valence-corrected chi connectivity index (χ4v) is 6.65. The van der Waals surface area contributed by atoms with Gasteiger partial charge in [-0.2, -0.15) is 0 Å². The fraction of sp³-hybridized carbons (Fsp3) is 0.690. The molecule has 1 aromatic rings. The molecule has 0 unspecified atom stereocenters. The summed E-state index contributed by atoms with van der Waals surface area (Å²) in [6, 6.07) is 6.59. The van der Waals surface area contributed by atoms with E-state index in [2.05, 4.69) is 36.0 Å². The molecular weight excluding hydrogens is 468 g/mol. The van der Waals surface area contributed by atoms with Crippen molar-refractivity contribution < 1.29 is 19.1 Å². The van der Waals surface area contributed by atoms with E-state index in [4.69, 9.17) is 4.74 Å². The first kappa shape index (κ1) is 26.2. The second-order valence-corrected chi connectivity index (χ2v) is 11.8. The molecule has 1 aliphatic carbocycles. The standard InChI is InChI=1S/C29H42N4O4/c1-19(2)23-17-33(26-24(34)18-37-27(23)26)29(36)25(20-7-5-4-6-8-20)30-28(35)21-9-11-22(12-10-21)32-15-13-31(3)14-16-32/h9-12,19-20,23,25-27H,4-8,13-18H2,1-3H3,(H,30,35)/t23-,25+,26-,27-/m1/s1. The number of piperazine rings is 1. The van der Waals surface area contributed by atoms with Gasteiger partial charge in [0.25, 0.3) is 5.91 Å². The Kier molecular flexibility index (Phi) is 7.86. The first-order valence-corrected chi connectivity index (χ1v) is 14.1. The van der Waals surface area contributed by atoms with Crippen LogP contribution in [0.3, 0.4) is 0 Å². The number of fused-ring (bicyclic) bond motifs is 1. The van der Waals surface area contributed by atoms with E-state index in [-0.39, 0.29) is 42.1 Å². The van der Waals surface area contributed by atoms with Crippen LogP contribution in [-0.2, 0) is 14.3 Å². The number of carbonyl (C=O) groups excluding carboxylic acids is 3. The van der Waals surface area contributed by atoms with Crippen molar-refractivity contribution in [1.82, 2.24) is 15.1 Å². The smallest absolute Gasteiger partial charge is 0.251 e. The molecule has 4 atom stereocenters. The summed E-state index contributed by atoms with van der Waals surface area (Å²) in [5.74, 6) is 0.159. The van der Waals surface area contributed by atoms with Gasteiger partial charge in [-0.15, -0.1) is 0 Å². The zero-order chi connectivity index (χ0) is 26.1. The lowest BCUT2D eigenvalue weighted by atomic mass is 9.83. The molecule has 2 amide bonds. The van der Waals surface area contributed by atoms with Crippen LogP contribution in [0.5, 0.6) is 0 Å². The third-order valence-electron chi connectivity index (χ3n) is 9.04. The largest absolute Gasteiger partial charge is 0.369 e. The van der Waals surface area contributed by atoms with Gasteiger partial charge >= 0.3 is 0 Å². The average molecular weight is 511 g/mol. The molecule has 8 heteroatoms. The van der Waals surface area contributed by atoms with Gasteiger partial charge in [-0.05, 0) is 56.0 Å². The molecule has 0 spiro atoms. The van der Waals surface area contributed by atoms with E-state index in [0.717, 1.165) is 64.0 Å². The third-order valence-corrected chi connectivity index (χ3v) is 9.04. The zero-order valence-electron chi connectivity index (χ0n) is 22.5. The van der Waals surface area contributed by atoms with Crippen molar-refractivity contribution in [3.63, 3.8) is 0 Å². The number of ketones is 1. The molecule has 37 heavy (non-hydrogen) atoms. The summed E-state index contributed by atoms with van der Waals surface area (Å²) in [7, 11) is 2.13. The molecule has 3 heterocycles. The van der Waals surface area contributed by atoms with E-state index in [0.29, 0.717) is 18.0 Å². The van der Waals surface area contributed by atoms with E-state index in [1.807, 2.05) is 24.3 Å². The minimum Gasteiger partial charge on any atom is -0.369 e. The highest BCUT2D eigenvalue weighted by Crippen LogP contribution is 2.37. The number of hydrogen-bond donors (Lipinski definition) is 1. The normalized spacial score (nSPS) is 28.0. The zero-order valence-corrected chi connectivity index (χ0v) is 22.5. The Morgan fingerprint density at radius 1 is 1.00 bits per heavy atom. The summed E-state index contributed by atoms with van der Waals surface area (Å²) in [4.78, 5) is 46.6. The van der Waals surface area contributed by atoms with E-state index >= 15 is 0 Å². The summed E-state index contributed by atoms with van der Waals surface area (Å²) < 4.78 is 5.85. The minimum atomic E-state index is -0.620. The van der Waals surface area contributed by atoms with E-state index < -0.39 is 12.1 Å². The molecule has 1 aromatic carbocycles. The molecule has 0 radical (unpaired) electrons. The monoisotopic (exact) mass is 510 g/mol. The van der Waals surface area contributed by atoms with Crippen LogP contribution in [0.15, 0.2) is 24.3 Å². The topological polar surface area (TPSA) is 82.2 Å². The van der Waals surface area contributed by atoms with Crippen LogP contribution in [0.1, 0.15) is 56.3 Å².